The van der Waals surface area contributed by atoms with E-state index in [0.717, 1.165) is 57.8 Å². The molecule has 176 valence electrons. The van der Waals surface area contributed by atoms with Crippen LogP contribution in [0.15, 0.2) is 23.8 Å². The van der Waals surface area contributed by atoms with E-state index in [1.165, 1.54) is 11.1 Å². The lowest BCUT2D eigenvalue weighted by molar-refractivity contribution is -0.0955. The molecule has 4 rings (SSSR count). The molecule has 3 nitrogen and oxygen atoms in total. The molecular weight excluding hydrogens is 384 g/mol. The molecular formula is C28H46O3. The maximum Gasteiger partial charge on any atom is 0.0580 e. The van der Waals surface area contributed by atoms with Crippen molar-refractivity contribution in [2.24, 2.45) is 46.3 Å². The first-order chi connectivity index (χ1) is 14.6. The molecule has 4 aliphatic rings. The Hall–Kier alpha value is -0.640. The number of rotatable bonds is 6. The van der Waals surface area contributed by atoms with E-state index in [2.05, 4.69) is 40.3 Å². The van der Waals surface area contributed by atoms with Crippen molar-refractivity contribution < 1.29 is 15.3 Å². The van der Waals surface area contributed by atoms with Gasteiger partial charge in [-0.25, -0.2) is 0 Å². The van der Waals surface area contributed by atoms with Crippen molar-refractivity contribution in [2.75, 3.05) is 6.61 Å². The standard InChI is InChI=1S/C28H46O3/c1-17(2)18(3)6-7-19(4)26-25(31)15-24-22-9-8-20-14-21(30)10-12-27(20,5)23(22)11-13-28(24,26)16-29/h8,17,19,21-26,29-31H,3,6-7,9-16H2,1-2,4-5H3. The van der Waals surface area contributed by atoms with Gasteiger partial charge in [0.05, 0.1) is 12.2 Å². The van der Waals surface area contributed by atoms with Crippen LogP contribution in [0.5, 0.6) is 0 Å². The highest BCUT2D eigenvalue weighted by Gasteiger charge is 2.63. The first kappa shape index (κ1) is 23.5. The van der Waals surface area contributed by atoms with Gasteiger partial charge in [-0.1, -0.05) is 51.5 Å². The molecule has 0 aromatic carbocycles. The Bertz CT molecular complexity index is 711. The minimum Gasteiger partial charge on any atom is -0.396 e. The van der Waals surface area contributed by atoms with Crippen molar-refractivity contribution in [2.45, 2.75) is 97.7 Å². The summed E-state index contributed by atoms with van der Waals surface area (Å²) >= 11 is 0. The van der Waals surface area contributed by atoms with E-state index in [-0.39, 0.29) is 35.6 Å². The summed E-state index contributed by atoms with van der Waals surface area (Å²) in [6, 6.07) is 0. The van der Waals surface area contributed by atoms with Gasteiger partial charge in [0.25, 0.3) is 0 Å². The Morgan fingerprint density at radius 3 is 2.58 bits per heavy atom. The molecule has 0 aromatic rings. The van der Waals surface area contributed by atoms with E-state index in [0.29, 0.717) is 29.6 Å². The average Bonchev–Trinajstić information content (AvgIpc) is 3.04. The van der Waals surface area contributed by atoms with E-state index in [1.807, 2.05) is 0 Å². The van der Waals surface area contributed by atoms with E-state index < -0.39 is 0 Å². The van der Waals surface area contributed by atoms with E-state index in [4.69, 9.17) is 0 Å². The van der Waals surface area contributed by atoms with Crippen LogP contribution in [0.3, 0.4) is 0 Å². The van der Waals surface area contributed by atoms with E-state index in [1.54, 1.807) is 0 Å². The number of fused-ring (bicyclic) bond motifs is 5. The van der Waals surface area contributed by atoms with E-state index >= 15 is 0 Å². The number of allylic oxidation sites excluding steroid dienone is 2. The second kappa shape index (κ2) is 8.61. The van der Waals surface area contributed by atoms with Crippen LogP contribution in [-0.4, -0.2) is 34.1 Å². The third-order valence-electron chi connectivity index (χ3n) is 10.6. The molecule has 0 amide bonds. The van der Waals surface area contributed by atoms with Crippen molar-refractivity contribution in [3.8, 4) is 0 Å². The molecule has 3 fully saturated rings. The van der Waals surface area contributed by atoms with Gasteiger partial charge in [0, 0.05) is 12.0 Å². The Balaban J connectivity index is 1.57. The normalized spacial score (nSPS) is 45.5. The SMILES string of the molecule is C=C(CCC(C)C1C(O)CC2C3CC=C4CC(O)CCC4(C)C3CCC21CO)C(C)C. The quantitative estimate of drug-likeness (QED) is 0.488. The first-order valence-electron chi connectivity index (χ1n) is 13.0. The van der Waals surface area contributed by atoms with Gasteiger partial charge in [0.1, 0.15) is 0 Å². The van der Waals surface area contributed by atoms with Crippen LogP contribution in [0.25, 0.3) is 0 Å². The zero-order valence-corrected chi connectivity index (χ0v) is 20.3. The monoisotopic (exact) mass is 430 g/mol. The van der Waals surface area contributed by atoms with Crippen LogP contribution in [0.1, 0.15) is 85.5 Å². The fourth-order valence-electron chi connectivity index (χ4n) is 8.63. The van der Waals surface area contributed by atoms with Gasteiger partial charge >= 0.3 is 0 Å². The fourth-order valence-corrected chi connectivity index (χ4v) is 8.63. The maximum atomic E-state index is 11.3. The van der Waals surface area contributed by atoms with Gasteiger partial charge in [-0.05, 0) is 98.7 Å². The minimum atomic E-state index is -0.301. The molecule has 0 spiro atoms. The highest BCUT2D eigenvalue weighted by Crippen LogP contribution is 2.67. The summed E-state index contributed by atoms with van der Waals surface area (Å²) in [5, 5.41) is 32.3. The van der Waals surface area contributed by atoms with Crippen molar-refractivity contribution in [1.29, 1.82) is 0 Å². The summed E-state index contributed by atoms with van der Waals surface area (Å²) in [6.45, 7) is 13.6. The molecule has 0 aliphatic heterocycles. The highest BCUT2D eigenvalue weighted by atomic mass is 16.3. The molecule has 4 aliphatic carbocycles. The molecule has 0 heterocycles. The second-order valence-corrected chi connectivity index (χ2v) is 12.2. The summed E-state index contributed by atoms with van der Waals surface area (Å²) in [5.74, 6) is 2.69. The first-order valence-corrected chi connectivity index (χ1v) is 13.0. The van der Waals surface area contributed by atoms with Crippen LogP contribution in [0, 0.1) is 46.3 Å². The third-order valence-corrected chi connectivity index (χ3v) is 10.6. The molecule has 3 heteroatoms. The largest absolute Gasteiger partial charge is 0.396 e. The van der Waals surface area contributed by atoms with Gasteiger partial charge in [-0.3, -0.25) is 0 Å². The molecule has 3 saturated carbocycles. The lowest BCUT2D eigenvalue weighted by Gasteiger charge is -2.58. The Morgan fingerprint density at radius 1 is 1.16 bits per heavy atom. The summed E-state index contributed by atoms with van der Waals surface area (Å²) in [6.07, 6.45) is 11.0. The number of hydrogen-bond donors (Lipinski definition) is 3. The summed E-state index contributed by atoms with van der Waals surface area (Å²) < 4.78 is 0. The topological polar surface area (TPSA) is 60.7 Å². The van der Waals surface area contributed by atoms with Gasteiger partial charge in [0.15, 0.2) is 0 Å². The molecule has 0 bridgehead atoms. The van der Waals surface area contributed by atoms with Crippen LogP contribution in [0.2, 0.25) is 0 Å². The number of hydrogen-bond acceptors (Lipinski definition) is 3. The molecule has 3 N–H and O–H groups in total. The van der Waals surface area contributed by atoms with Crippen molar-refractivity contribution in [3.05, 3.63) is 23.8 Å². The van der Waals surface area contributed by atoms with Gasteiger partial charge < -0.3 is 15.3 Å². The van der Waals surface area contributed by atoms with E-state index in [9.17, 15) is 15.3 Å². The fraction of sp³-hybridized carbons (Fsp3) is 0.857. The predicted molar refractivity (Wildman–Crippen MR) is 126 cm³/mol. The zero-order chi connectivity index (χ0) is 22.6. The van der Waals surface area contributed by atoms with Crippen molar-refractivity contribution >= 4 is 0 Å². The Morgan fingerprint density at radius 2 is 1.90 bits per heavy atom. The van der Waals surface area contributed by atoms with Gasteiger partial charge in [-0.15, -0.1) is 0 Å². The molecule has 9 unspecified atom stereocenters. The summed E-state index contributed by atoms with van der Waals surface area (Å²) in [4.78, 5) is 0. The number of aliphatic hydroxyl groups is 3. The minimum absolute atomic E-state index is 0.130. The third kappa shape index (κ3) is 3.77. The second-order valence-electron chi connectivity index (χ2n) is 12.2. The van der Waals surface area contributed by atoms with Crippen LogP contribution in [0.4, 0.5) is 0 Å². The van der Waals surface area contributed by atoms with Crippen molar-refractivity contribution in [3.63, 3.8) is 0 Å². The van der Waals surface area contributed by atoms with Crippen LogP contribution in [-0.2, 0) is 0 Å². The lowest BCUT2D eigenvalue weighted by Crippen LogP contribution is -2.53. The van der Waals surface area contributed by atoms with Crippen LogP contribution >= 0.6 is 0 Å². The Labute approximate surface area is 190 Å². The summed E-state index contributed by atoms with van der Waals surface area (Å²) in [7, 11) is 0. The smallest absolute Gasteiger partial charge is 0.0580 e. The predicted octanol–water partition coefficient (Wildman–Crippen LogP) is 5.50. The molecule has 9 atom stereocenters. The molecule has 0 radical (unpaired) electrons. The summed E-state index contributed by atoms with van der Waals surface area (Å²) in [5.41, 5.74) is 2.86. The van der Waals surface area contributed by atoms with Crippen molar-refractivity contribution in [1.82, 2.24) is 0 Å². The molecule has 0 aromatic heterocycles. The highest BCUT2D eigenvalue weighted by molar-refractivity contribution is 5.26. The maximum absolute atomic E-state index is 11.3. The zero-order valence-electron chi connectivity index (χ0n) is 20.3. The lowest BCUT2D eigenvalue weighted by atomic mass is 9.46. The van der Waals surface area contributed by atoms with Gasteiger partial charge in [-0.2, -0.15) is 0 Å². The van der Waals surface area contributed by atoms with Crippen LogP contribution < -0.4 is 0 Å². The molecule has 31 heavy (non-hydrogen) atoms. The average molecular weight is 431 g/mol. The molecule has 0 saturated heterocycles. The Kier molecular flexibility index (Phi) is 6.53. The number of aliphatic hydroxyl groups excluding tert-OH is 3. The van der Waals surface area contributed by atoms with Gasteiger partial charge in [0.2, 0.25) is 0 Å².